The van der Waals surface area contributed by atoms with Gasteiger partial charge in [0.05, 0.1) is 0 Å². The summed E-state index contributed by atoms with van der Waals surface area (Å²) >= 11 is 0. The monoisotopic (exact) mass is 286 g/mol. The molecule has 0 bridgehead atoms. The average Bonchev–Trinajstić information content (AvgIpc) is 2.48. The molecule has 2 nitrogen and oxygen atoms in total. The number of hydrogen-bond acceptors (Lipinski definition) is 2. The lowest BCUT2D eigenvalue weighted by Gasteiger charge is -2.19. The highest BCUT2D eigenvalue weighted by atomic mass is 19.1. The molecule has 0 amide bonds. The molecule has 21 heavy (non-hydrogen) atoms. The first kappa shape index (κ1) is 15.6. The van der Waals surface area contributed by atoms with Crippen molar-refractivity contribution in [1.29, 1.82) is 0 Å². The Bertz CT molecular complexity index is 554. The first-order valence-electron chi connectivity index (χ1n) is 7.57. The van der Waals surface area contributed by atoms with E-state index in [4.69, 9.17) is 0 Å². The second-order valence-corrected chi connectivity index (χ2v) is 5.45. The molecule has 1 aromatic heterocycles. The van der Waals surface area contributed by atoms with Gasteiger partial charge < -0.3 is 5.32 Å². The number of aryl methyl sites for hydroxylation is 1. The molecule has 0 fully saturated rings. The number of aromatic nitrogens is 1. The van der Waals surface area contributed by atoms with Crippen molar-refractivity contribution in [3.05, 3.63) is 65.2 Å². The summed E-state index contributed by atoms with van der Waals surface area (Å²) in [7, 11) is 0. The van der Waals surface area contributed by atoms with E-state index in [0.29, 0.717) is 6.04 Å². The van der Waals surface area contributed by atoms with Crippen LogP contribution in [-0.2, 0) is 12.8 Å². The highest BCUT2D eigenvalue weighted by Crippen LogP contribution is 2.14. The van der Waals surface area contributed by atoms with Gasteiger partial charge in [-0.1, -0.05) is 19.1 Å². The van der Waals surface area contributed by atoms with Crippen molar-refractivity contribution >= 4 is 0 Å². The van der Waals surface area contributed by atoms with E-state index < -0.39 is 0 Å². The molecule has 112 valence electrons. The lowest BCUT2D eigenvalue weighted by Crippen LogP contribution is -2.34. The quantitative estimate of drug-likeness (QED) is 0.840. The molecular weight excluding hydrogens is 263 g/mol. The summed E-state index contributed by atoms with van der Waals surface area (Å²) < 4.78 is 13.2. The zero-order valence-electron chi connectivity index (χ0n) is 12.8. The van der Waals surface area contributed by atoms with Crippen LogP contribution in [-0.4, -0.2) is 17.6 Å². The molecule has 2 aromatic rings. The molecule has 0 saturated heterocycles. The fourth-order valence-corrected chi connectivity index (χ4v) is 2.49. The lowest BCUT2D eigenvalue weighted by atomic mass is 9.97. The minimum Gasteiger partial charge on any atom is -0.313 e. The number of pyridine rings is 1. The maximum Gasteiger partial charge on any atom is 0.123 e. The van der Waals surface area contributed by atoms with Crippen LogP contribution >= 0.6 is 0 Å². The number of rotatable bonds is 7. The Morgan fingerprint density at radius 1 is 1.19 bits per heavy atom. The molecule has 1 aromatic carbocycles. The van der Waals surface area contributed by atoms with Crippen molar-refractivity contribution in [3.63, 3.8) is 0 Å². The largest absolute Gasteiger partial charge is 0.313 e. The predicted molar refractivity (Wildman–Crippen MR) is 84.9 cm³/mol. The summed E-state index contributed by atoms with van der Waals surface area (Å²) in [6.07, 6.45) is 4.71. The third-order valence-corrected chi connectivity index (χ3v) is 3.64. The highest BCUT2D eigenvalue weighted by Gasteiger charge is 2.12. The van der Waals surface area contributed by atoms with Crippen LogP contribution in [0.4, 0.5) is 4.39 Å². The van der Waals surface area contributed by atoms with Gasteiger partial charge in [0.1, 0.15) is 5.82 Å². The van der Waals surface area contributed by atoms with Crippen molar-refractivity contribution in [2.75, 3.05) is 6.54 Å². The van der Waals surface area contributed by atoms with E-state index in [-0.39, 0.29) is 5.82 Å². The maximum absolute atomic E-state index is 13.2. The van der Waals surface area contributed by atoms with Crippen LogP contribution in [0.5, 0.6) is 0 Å². The molecule has 0 aliphatic rings. The van der Waals surface area contributed by atoms with E-state index in [2.05, 4.69) is 23.3 Å². The van der Waals surface area contributed by atoms with Gasteiger partial charge in [0.25, 0.3) is 0 Å². The molecule has 0 spiro atoms. The second kappa shape index (κ2) is 7.89. The molecule has 1 N–H and O–H groups in total. The Kier molecular flexibility index (Phi) is 5.88. The van der Waals surface area contributed by atoms with Crippen LogP contribution < -0.4 is 5.32 Å². The van der Waals surface area contributed by atoms with E-state index >= 15 is 0 Å². The molecule has 2 rings (SSSR count). The van der Waals surface area contributed by atoms with Crippen LogP contribution in [0.25, 0.3) is 0 Å². The third kappa shape index (κ3) is 4.94. The molecule has 3 heteroatoms. The number of benzene rings is 1. The maximum atomic E-state index is 13.2. The van der Waals surface area contributed by atoms with Gasteiger partial charge in [0.2, 0.25) is 0 Å². The normalized spacial score (nSPS) is 12.3. The van der Waals surface area contributed by atoms with E-state index in [1.807, 2.05) is 31.3 Å². The van der Waals surface area contributed by atoms with Gasteiger partial charge in [-0.3, -0.25) is 4.98 Å². The van der Waals surface area contributed by atoms with Crippen molar-refractivity contribution in [3.8, 4) is 0 Å². The first-order valence-corrected chi connectivity index (χ1v) is 7.57. The topological polar surface area (TPSA) is 24.9 Å². The second-order valence-electron chi connectivity index (χ2n) is 5.45. The number of nitrogens with zero attached hydrogens (tertiary/aromatic N) is 1. The van der Waals surface area contributed by atoms with Crippen LogP contribution in [0.3, 0.4) is 0 Å². The molecule has 0 radical (unpaired) electrons. The zero-order valence-corrected chi connectivity index (χ0v) is 12.8. The summed E-state index contributed by atoms with van der Waals surface area (Å²) in [6, 6.07) is 11.4. The fourth-order valence-electron chi connectivity index (χ4n) is 2.49. The van der Waals surface area contributed by atoms with Crippen LogP contribution in [0.2, 0.25) is 0 Å². The van der Waals surface area contributed by atoms with Gasteiger partial charge in [-0.25, -0.2) is 4.39 Å². The number of hydrogen-bond donors (Lipinski definition) is 1. The van der Waals surface area contributed by atoms with Gasteiger partial charge >= 0.3 is 0 Å². The Labute approximate surface area is 126 Å². The van der Waals surface area contributed by atoms with E-state index in [0.717, 1.165) is 37.1 Å². The Hall–Kier alpha value is -1.74. The van der Waals surface area contributed by atoms with Crippen LogP contribution in [0.15, 0.2) is 42.6 Å². The molecule has 0 aliphatic heterocycles. The van der Waals surface area contributed by atoms with Crippen molar-refractivity contribution in [2.45, 2.75) is 39.2 Å². The Balaban J connectivity index is 2.08. The van der Waals surface area contributed by atoms with Crippen molar-refractivity contribution < 1.29 is 4.39 Å². The van der Waals surface area contributed by atoms with Crippen molar-refractivity contribution in [2.24, 2.45) is 0 Å². The Morgan fingerprint density at radius 2 is 2.05 bits per heavy atom. The standard InChI is InChI=1S/C18H23FN2/c1-3-9-20-18(13-17-6-4-5-10-21-17)12-15-7-8-16(19)11-14(15)2/h4-8,10-11,18,20H,3,9,12-13H2,1-2H3. The number of halogens is 1. The Morgan fingerprint density at radius 3 is 2.71 bits per heavy atom. The van der Waals surface area contributed by atoms with Gasteiger partial charge in [-0.05, 0) is 61.7 Å². The van der Waals surface area contributed by atoms with Crippen LogP contribution in [0, 0.1) is 12.7 Å². The molecule has 1 unspecified atom stereocenters. The lowest BCUT2D eigenvalue weighted by molar-refractivity contribution is 0.499. The van der Waals surface area contributed by atoms with E-state index in [1.165, 1.54) is 5.56 Å². The van der Waals surface area contributed by atoms with Gasteiger partial charge in [-0.2, -0.15) is 0 Å². The van der Waals surface area contributed by atoms with Gasteiger partial charge in [0, 0.05) is 24.4 Å². The van der Waals surface area contributed by atoms with E-state index in [1.54, 1.807) is 12.1 Å². The zero-order chi connectivity index (χ0) is 15.1. The molecule has 0 aliphatic carbocycles. The van der Waals surface area contributed by atoms with Gasteiger partial charge in [0.15, 0.2) is 0 Å². The summed E-state index contributed by atoms with van der Waals surface area (Å²) in [6.45, 7) is 5.11. The third-order valence-electron chi connectivity index (χ3n) is 3.64. The summed E-state index contributed by atoms with van der Waals surface area (Å²) in [4.78, 5) is 4.40. The molecule has 1 heterocycles. The van der Waals surface area contributed by atoms with Crippen molar-refractivity contribution in [1.82, 2.24) is 10.3 Å². The summed E-state index contributed by atoms with van der Waals surface area (Å²) in [5.74, 6) is -0.168. The minimum atomic E-state index is -0.168. The SMILES string of the molecule is CCCNC(Cc1ccccn1)Cc1ccc(F)cc1C. The van der Waals surface area contributed by atoms with Crippen LogP contribution in [0.1, 0.15) is 30.2 Å². The summed E-state index contributed by atoms with van der Waals surface area (Å²) in [5.41, 5.74) is 3.30. The average molecular weight is 286 g/mol. The fraction of sp³-hybridized carbons (Fsp3) is 0.389. The predicted octanol–water partition coefficient (Wildman–Crippen LogP) is 3.68. The first-order chi connectivity index (χ1) is 10.2. The molecule has 1 atom stereocenters. The summed E-state index contributed by atoms with van der Waals surface area (Å²) in [5, 5.41) is 3.57. The molecular formula is C18H23FN2. The smallest absolute Gasteiger partial charge is 0.123 e. The minimum absolute atomic E-state index is 0.168. The van der Waals surface area contributed by atoms with E-state index in [9.17, 15) is 4.39 Å². The van der Waals surface area contributed by atoms with Gasteiger partial charge in [-0.15, -0.1) is 0 Å². The molecule has 0 saturated carbocycles. The number of nitrogens with one attached hydrogen (secondary N) is 1. The highest BCUT2D eigenvalue weighted by molar-refractivity contribution is 5.27.